The number of nitrogens with zero attached hydrogens (tertiary/aromatic N) is 7. The van der Waals surface area contributed by atoms with Crippen LogP contribution in [0.5, 0.6) is 0 Å². The van der Waals surface area contributed by atoms with E-state index in [9.17, 15) is 0 Å². The minimum absolute atomic E-state index is 0.157. The lowest BCUT2D eigenvalue weighted by molar-refractivity contribution is -0.686. The van der Waals surface area contributed by atoms with Crippen LogP contribution in [-0.2, 0) is 14.1 Å². The van der Waals surface area contributed by atoms with Gasteiger partial charge in [0.25, 0.3) is 0 Å². The van der Waals surface area contributed by atoms with Crippen LogP contribution in [0, 0.1) is 20.7 Å². The molecule has 7 nitrogen and oxygen atoms in total. The van der Waals surface area contributed by atoms with Gasteiger partial charge in [-0.15, -0.1) is 4.68 Å². The summed E-state index contributed by atoms with van der Waals surface area (Å²) in [5, 5.41) is 0. The lowest BCUT2D eigenvalue weighted by Crippen LogP contribution is -2.43. The molecular weight excluding hydrogens is 314 g/mol. The molecule has 1 atom stereocenters. The van der Waals surface area contributed by atoms with Crippen LogP contribution in [-0.4, -0.2) is 36.7 Å². The second-order valence-electron chi connectivity index (χ2n) is 6.69. The van der Waals surface area contributed by atoms with Crippen LogP contribution < -0.4 is 9.58 Å². The highest BCUT2D eigenvalue weighted by Crippen LogP contribution is 2.24. The Morgan fingerprint density at radius 1 is 1.16 bits per heavy atom. The quantitative estimate of drug-likeness (QED) is 0.666. The van der Waals surface area contributed by atoms with Gasteiger partial charge in [-0.3, -0.25) is 4.40 Å². The minimum Gasteiger partial charge on any atom is -0.359 e. The minimum atomic E-state index is -2.22. The molecule has 0 unspecified atom stereocenters. The molecule has 7 heteroatoms. The maximum absolute atomic E-state index is 7.73. The maximum atomic E-state index is 7.73. The lowest BCUT2D eigenvalue weighted by atomic mass is 10.3. The number of hydrogen-bond donors (Lipinski definition) is 0. The van der Waals surface area contributed by atoms with Gasteiger partial charge >= 0.3 is 11.6 Å². The van der Waals surface area contributed by atoms with Crippen LogP contribution in [0.2, 0.25) is 0 Å². The number of aryl methyl sites for hydroxylation is 4. The van der Waals surface area contributed by atoms with Crippen LogP contribution in [0.3, 0.4) is 0 Å². The van der Waals surface area contributed by atoms with Crippen molar-refractivity contribution in [2.45, 2.75) is 33.8 Å². The Hall–Kier alpha value is -2.70. The van der Waals surface area contributed by atoms with Gasteiger partial charge in [0.2, 0.25) is 0 Å². The molecule has 4 rings (SSSR count). The lowest BCUT2D eigenvalue weighted by Gasteiger charge is -2.26. The molecule has 3 aromatic rings. The summed E-state index contributed by atoms with van der Waals surface area (Å²) in [4.78, 5) is 8.80. The molecule has 0 fully saturated rings. The summed E-state index contributed by atoms with van der Waals surface area (Å²) >= 11 is 0. The van der Waals surface area contributed by atoms with Crippen molar-refractivity contribution < 1.29 is 8.79 Å². The first-order valence-electron chi connectivity index (χ1n) is 9.85. The second kappa shape index (κ2) is 5.15. The third-order valence-corrected chi connectivity index (χ3v) is 5.32. The summed E-state index contributed by atoms with van der Waals surface area (Å²) in [6.07, 6.45) is 6.39. The molecule has 0 aliphatic carbocycles. The fourth-order valence-electron chi connectivity index (χ4n) is 3.68. The summed E-state index contributed by atoms with van der Waals surface area (Å²) in [5.74, 6) is 2.63. The van der Waals surface area contributed by atoms with Crippen LogP contribution in [0.1, 0.15) is 28.1 Å². The Kier molecular flexibility index (Phi) is 2.60. The first-order valence-corrected chi connectivity index (χ1v) is 8.35. The number of fused-ring (bicyclic) bond motifs is 1. The summed E-state index contributed by atoms with van der Waals surface area (Å²) in [6.45, 7) is 3.73. The van der Waals surface area contributed by atoms with Crippen molar-refractivity contribution in [1.29, 1.82) is 0 Å². The molecule has 0 bridgehead atoms. The fraction of sp³-hybridized carbons (Fsp3) is 0.444. The molecule has 0 amide bonds. The Morgan fingerprint density at radius 3 is 2.52 bits per heavy atom. The fourth-order valence-corrected chi connectivity index (χ4v) is 3.68. The number of aromatic nitrogens is 5. The summed E-state index contributed by atoms with van der Waals surface area (Å²) in [5.41, 5.74) is 1.75. The van der Waals surface area contributed by atoms with E-state index in [1.54, 1.807) is 0 Å². The maximum Gasteiger partial charge on any atom is 0.328 e. The van der Waals surface area contributed by atoms with Crippen LogP contribution >= 0.6 is 0 Å². The molecule has 4 heterocycles. The van der Waals surface area contributed by atoms with Gasteiger partial charge in [0.05, 0.1) is 12.7 Å². The highest BCUT2D eigenvalue weighted by atomic mass is 15.5. The van der Waals surface area contributed by atoms with E-state index in [0.29, 0.717) is 11.5 Å². The summed E-state index contributed by atoms with van der Waals surface area (Å²) < 4.78 is 31.2. The van der Waals surface area contributed by atoms with E-state index < -0.39 is 6.85 Å². The van der Waals surface area contributed by atoms with Gasteiger partial charge in [0.15, 0.2) is 5.82 Å². The average molecular weight is 343 g/mol. The van der Waals surface area contributed by atoms with Crippen molar-refractivity contribution in [3.63, 3.8) is 0 Å². The Balaban J connectivity index is 1.86. The van der Waals surface area contributed by atoms with Crippen molar-refractivity contribution in [2.75, 3.05) is 11.9 Å². The number of hydrogen-bond acceptors (Lipinski definition) is 3. The Bertz CT molecular complexity index is 1100. The zero-order valence-corrected chi connectivity index (χ0v) is 15.5. The highest BCUT2D eigenvalue weighted by Gasteiger charge is 2.29. The van der Waals surface area contributed by atoms with Gasteiger partial charge < -0.3 is 9.80 Å². The van der Waals surface area contributed by atoms with E-state index in [1.807, 2.05) is 43.1 Å². The largest absolute Gasteiger partial charge is 0.359 e. The van der Waals surface area contributed by atoms with Crippen molar-refractivity contribution in [2.24, 2.45) is 14.1 Å². The second-order valence-corrected chi connectivity index (χ2v) is 6.69. The van der Waals surface area contributed by atoms with Crippen LogP contribution in [0.25, 0.3) is 11.6 Å². The van der Waals surface area contributed by atoms with E-state index in [1.165, 1.54) is 0 Å². The summed E-state index contributed by atoms with van der Waals surface area (Å²) in [7, 11) is 5.99. The van der Waals surface area contributed by atoms with Crippen molar-refractivity contribution in [1.82, 2.24) is 23.5 Å². The molecule has 0 spiro atoms. The van der Waals surface area contributed by atoms with E-state index in [0.717, 1.165) is 17.3 Å². The third-order valence-electron chi connectivity index (χ3n) is 5.32. The topological polar surface area (TPSA) is 37.5 Å². The van der Waals surface area contributed by atoms with Crippen molar-refractivity contribution in [3.05, 3.63) is 41.7 Å². The van der Waals surface area contributed by atoms with Gasteiger partial charge in [-0.1, -0.05) is 0 Å². The van der Waals surface area contributed by atoms with E-state index in [-0.39, 0.29) is 11.9 Å². The molecular formula is C18H26N7+. The van der Waals surface area contributed by atoms with Crippen LogP contribution in [0.15, 0.2) is 24.7 Å². The number of imidazole rings is 2. The molecule has 0 aromatic carbocycles. The first kappa shape index (κ1) is 12.6. The van der Waals surface area contributed by atoms with Gasteiger partial charge in [-0.2, -0.15) is 14.2 Å². The predicted molar refractivity (Wildman–Crippen MR) is 97.7 cm³/mol. The molecule has 3 aromatic heterocycles. The predicted octanol–water partition coefficient (Wildman–Crippen LogP) is 1.78. The molecule has 25 heavy (non-hydrogen) atoms. The van der Waals surface area contributed by atoms with E-state index in [4.69, 9.17) is 4.11 Å². The standard InChI is InChI=1S/C18H26N7/c1-12-13(2)25-14(3)17(21(6)18(25)19-12)24-9-8-16(22(24)7)23-11-10-20(5)15(23)4/h8-11,15H,1-7H3/q+1/t15-/m0/s1/i1D3. The average Bonchev–Trinajstić information content (AvgIpc) is 3.30. The zero-order valence-electron chi connectivity index (χ0n) is 18.5. The van der Waals surface area contributed by atoms with Gasteiger partial charge in [-0.05, 0) is 27.6 Å². The molecule has 0 saturated heterocycles. The normalized spacial score (nSPS) is 19.8. The molecule has 0 saturated carbocycles. The van der Waals surface area contributed by atoms with Crippen molar-refractivity contribution >= 4 is 11.6 Å². The Labute approximate surface area is 152 Å². The van der Waals surface area contributed by atoms with E-state index in [2.05, 4.69) is 56.6 Å². The smallest absolute Gasteiger partial charge is 0.328 e. The molecule has 0 radical (unpaired) electrons. The first-order chi connectivity index (χ1) is 13.0. The monoisotopic (exact) mass is 343 g/mol. The third kappa shape index (κ3) is 1.98. The molecule has 1 aliphatic heterocycles. The highest BCUT2D eigenvalue weighted by molar-refractivity contribution is 5.47. The van der Waals surface area contributed by atoms with Gasteiger partial charge in [0.1, 0.15) is 18.1 Å². The molecule has 132 valence electrons. The van der Waals surface area contributed by atoms with Crippen molar-refractivity contribution in [3.8, 4) is 5.82 Å². The SMILES string of the molecule is [2H]C([2H])([2H])c1nc2n(C)c(-[n+]3ccc(N4C=CN(C)[C@@H]4C)n3C)c(C)n2c1C. The summed E-state index contributed by atoms with van der Waals surface area (Å²) in [6, 6.07) is 2.08. The number of anilines is 1. The molecule has 0 N–H and O–H groups in total. The molecule has 1 aliphatic rings. The van der Waals surface area contributed by atoms with Gasteiger partial charge in [0, 0.05) is 42.4 Å². The van der Waals surface area contributed by atoms with Gasteiger partial charge in [-0.25, -0.2) is 0 Å². The van der Waals surface area contributed by atoms with Crippen LogP contribution in [0.4, 0.5) is 5.82 Å². The van der Waals surface area contributed by atoms with E-state index >= 15 is 0 Å². The number of rotatable bonds is 2. The zero-order chi connectivity index (χ0) is 20.5. The Morgan fingerprint density at radius 2 is 1.92 bits per heavy atom.